The van der Waals surface area contributed by atoms with Crippen molar-refractivity contribution in [1.29, 1.82) is 0 Å². The number of ether oxygens (including phenoxy) is 3. The number of carbonyl (C=O) groups excluding carboxylic acids is 1. The van der Waals surface area contributed by atoms with Gasteiger partial charge >= 0.3 is 6.03 Å². The number of nitrogens with one attached hydrogen (secondary N) is 2. The summed E-state index contributed by atoms with van der Waals surface area (Å²) in [4.78, 5) is 11.9. The summed E-state index contributed by atoms with van der Waals surface area (Å²) in [7, 11) is 0. The van der Waals surface area contributed by atoms with Crippen LogP contribution in [0.4, 0.5) is 4.79 Å². The van der Waals surface area contributed by atoms with E-state index in [1.165, 1.54) is 24.0 Å². The number of rotatable bonds is 6. The van der Waals surface area contributed by atoms with Crippen LogP contribution in [-0.4, -0.2) is 38.4 Å². The van der Waals surface area contributed by atoms with E-state index in [1.54, 1.807) is 0 Å². The van der Waals surface area contributed by atoms with Gasteiger partial charge in [-0.3, -0.25) is 0 Å². The van der Waals surface area contributed by atoms with Crippen molar-refractivity contribution in [2.75, 3.05) is 26.3 Å². The van der Waals surface area contributed by atoms with Crippen molar-refractivity contribution in [2.45, 2.75) is 25.4 Å². The van der Waals surface area contributed by atoms with Crippen molar-refractivity contribution >= 4 is 6.03 Å². The first-order chi connectivity index (χ1) is 13.3. The molecule has 2 aromatic rings. The summed E-state index contributed by atoms with van der Waals surface area (Å²) in [6, 6.07) is 13.5. The molecule has 0 saturated heterocycles. The van der Waals surface area contributed by atoms with Crippen LogP contribution in [-0.2, 0) is 12.8 Å². The van der Waals surface area contributed by atoms with Gasteiger partial charge in [0.2, 0.25) is 0 Å². The van der Waals surface area contributed by atoms with Crippen molar-refractivity contribution in [3.05, 3.63) is 53.6 Å². The highest BCUT2D eigenvalue weighted by Crippen LogP contribution is 2.30. The molecule has 0 radical (unpaired) electrons. The third kappa shape index (κ3) is 4.45. The predicted octanol–water partition coefficient (Wildman–Crippen LogP) is 2.69. The van der Waals surface area contributed by atoms with E-state index in [-0.39, 0.29) is 12.1 Å². The summed E-state index contributed by atoms with van der Waals surface area (Å²) in [6.07, 6.45) is 3.32. The Bertz CT molecular complexity index is 809. The lowest BCUT2D eigenvalue weighted by Gasteiger charge is -2.26. The van der Waals surface area contributed by atoms with Crippen LogP contribution in [0.2, 0.25) is 0 Å². The molecule has 0 aromatic heterocycles. The van der Waals surface area contributed by atoms with Crippen LogP contribution in [0.1, 0.15) is 17.5 Å². The SMILES string of the molecule is O=C(NCCOc1ccc2c(c1)CCC2)NCC1COc2ccccc2O1. The van der Waals surface area contributed by atoms with Gasteiger partial charge in [-0.1, -0.05) is 18.2 Å². The Hall–Kier alpha value is -2.89. The minimum atomic E-state index is -0.241. The van der Waals surface area contributed by atoms with E-state index < -0.39 is 0 Å². The molecule has 1 aliphatic carbocycles. The predicted molar refractivity (Wildman–Crippen MR) is 102 cm³/mol. The summed E-state index contributed by atoms with van der Waals surface area (Å²) >= 11 is 0. The molecule has 6 heteroatoms. The van der Waals surface area contributed by atoms with Crippen molar-refractivity contribution in [3.63, 3.8) is 0 Å². The molecule has 4 rings (SSSR count). The van der Waals surface area contributed by atoms with E-state index in [4.69, 9.17) is 14.2 Å². The zero-order chi connectivity index (χ0) is 18.5. The molecule has 0 saturated carbocycles. The average Bonchev–Trinajstić information content (AvgIpc) is 3.17. The van der Waals surface area contributed by atoms with Crippen LogP contribution in [0.15, 0.2) is 42.5 Å². The minimum absolute atomic E-state index is 0.201. The number of carbonyl (C=O) groups is 1. The number of fused-ring (bicyclic) bond motifs is 2. The van der Waals surface area contributed by atoms with Gasteiger partial charge in [0, 0.05) is 0 Å². The molecule has 1 unspecified atom stereocenters. The number of hydrogen-bond donors (Lipinski definition) is 2. The quantitative estimate of drug-likeness (QED) is 0.770. The van der Waals surface area contributed by atoms with Crippen molar-refractivity contribution < 1.29 is 19.0 Å². The monoisotopic (exact) mass is 368 g/mol. The molecule has 1 heterocycles. The topological polar surface area (TPSA) is 68.8 Å². The number of urea groups is 1. The van der Waals surface area contributed by atoms with Gasteiger partial charge in [-0.25, -0.2) is 4.79 Å². The maximum atomic E-state index is 11.9. The highest BCUT2D eigenvalue weighted by atomic mass is 16.6. The molecule has 2 aromatic carbocycles. The van der Waals surface area contributed by atoms with Crippen molar-refractivity contribution in [1.82, 2.24) is 10.6 Å². The number of benzene rings is 2. The second-order valence-corrected chi connectivity index (χ2v) is 6.77. The fraction of sp³-hybridized carbons (Fsp3) is 0.381. The second-order valence-electron chi connectivity index (χ2n) is 6.77. The summed E-state index contributed by atoms with van der Waals surface area (Å²) in [5, 5.41) is 5.60. The van der Waals surface area contributed by atoms with Crippen LogP contribution in [0.25, 0.3) is 0 Å². The normalized spacial score (nSPS) is 17.1. The molecule has 6 nitrogen and oxygen atoms in total. The van der Waals surface area contributed by atoms with Gasteiger partial charge in [-0.2, -0.15) is 0 Å². The molecule has 1 atom stereocenters. The first kappa shape index (κ1) is 17.5. The van der Waals surface area contributed by atoms with E-state index in [1.807, 2.05) is 30.3 Å². The lowest BCUT2D eigenvalue weighted by atomic mass is 10.1. The Labute approximate surface area is 158 Å². The van der Waals surface area contributed by atoms with Crippen LogP contribution in [0.5, 0.6) is 17.2 Å². The van der Waals surface area contributed by atoms with E-state index in [0.29, 0.717) is 32.1 Å². The van der Waals surface area contributed by atoms with Gasteiger partial charge in [0.25, 0.3) is 0 Å². The summed E-state index contributed by atoms with van der Waals surface area (Å²) in [6.45, 7) is 1.67. The maximum absolute atomic E-state index is 11.9. The van der Waals surface area contributed by atoms with Crippen LogP contribution in [0, 0.1) is 0 Å². The first-order valence-corrected chi connectivity index (χ1v) is 9.43. The Balaban J connectivity index is 1.13. The van der Waals surface area contributed by atoms with Crippen molar-refractivity contribution in [2.24, 2.45) is 0 Å². The van der Waals surface area contributed by atoms with E-state index in [2.05, 4.69) is 22.8 Å². The Morgan fingerprint density at radius 2 is 1.93 bits per heavy atom. The third-order valence-electron chi connectivity index (χ3n) is 4.78. The lowest BCUT2D eigenvalue weighted by Crippen LogP contribution is -2.45. The largest absolute Gasteiger partial charge is 0.492 e. The molecule has 1 aliphatic heterocycles. The number of para-hydroxylation sites is 2. The summed E-state index contributed by atoms with van der Waals surface area (Å²) in [5.74, 6) is 2.31. The molecule has 0 spiro atoms. The Morgan fingerprint density at radius 3 is 2.85 bits per heavy atom. The van der Waals surface area contributed by atoms with Gasteiger partial charge in [0.05, 0.1) is 13.1 Å². The highest BCUT2D eigenvalue weighted by Gasteiger charge is 2.20. The van der Waals surface area contributed by atoms with Crippen molar-refractivity contribution in [3.8, 4) is 17.2 Å². The molecule has 2 aliphatic rings. The van der Waals surface area contributed by atoms with Gasteiger partial charge in [-0.15, -0.1) is 0 Å². The molecular weight excluding hydrogens is 344 g/mol. The lowest BCUT2D eigenvalue weighted by molar-refractivity contribution is 0.0918. The minimum Gasteiger partial charge on any atom is -0.492 e. The van der Waals surface area contributed by atoms with Gasteiger partial charge in [0.1, 0.15) is 19.0 Å². The molecule has 27 heavy (non-hydrogen) atoms. The smallest absolute Gasteiger partial charge is 0.315 e. The number of hydrogen-bond acceptors (Lipinski definition) is 4. The fourth-order valence-corrected chi connectivity index (χ4v) is 3.40. The zero-order valence-electron chi connectivity index (χ0n) is 15.2. The molecular formula is C21H24N2O4. The van der Waals surface area contributed by atoms with Crippen LogP contribution in [0.3, 0.4) is 0 Å². The van der Waals surface area contributed by atoms with E-state index in [0.717, 1.165) is 17.9 Å². The summed E-state index contributed by atoms with van der Waals surface area (Å²) in [5.41, 5.74) is 2.81. The summed E-state index contributed by atoms with van der Waals surface area (Å²) < 4.78 is 17.2. The van der Waals surface area contributed by atoms with Crippen LogP contribution < -0.4 is 24.8 Å². The molecule has 2 amide bonds. The average molecular weight is 368 g/mol. The number of amides is 2. The third-order valence-corrected chi connectivity index (χ3v) is 4.78. The Kier molecular flexibility index (Phi) is 5.32. The fourth-order valence-electron chi connectivity index (χ4n) is 3.40. The Morgan fingerprint density at radius 1 is 1.07 bits per heavy atom. The molecule has 0 fully saturated rings. The highest BCUT2D eigenvalue weighted by molar-refractivity contribution is 5.73. The maximum Gasteiger partial charge on any atom is 0.315 e. The number of aryl methyl sites for hydroxylation is 2. The van der Waals surface area contributed by atoms with E-state index in [9.17, 15) is 4.79 Å². The van der Waals surface area contributed by atoms with Gasteiger partial charge in [0.15, 0.2) is 17.6 Å². The van der Waals surface area contributed by atoms with Crippen LogP contribution >= 0.6 is 0 Å². The van der Waals surface area contributed by atoms with Gasteiger partial charge in [-0.05, 0) is 54.7 Å². The molecule has 0 bridgehead atoms. The first-order valence-electron chi connectivity index (χ1n) is 9.43. The van der Waals surface area contributed by atoms with E-state index >= 15 is 0 Å². The standard InChI is InChI=1S/C21H24N2O4/c24-21(23-13-18-14-26-19-6-1-2-7-20(19)27-18)22-10-11-25-17-9-8-15-4-3-5-16(15)12-17/h1-2,6-9,12,18H,3-5,10-11,13-14H2,(H2,22,23,24). The van der Waals surface area contributed by atoms with Gasteiger partial charge < -0.3 is 24.8 Å². The molecule has 2 N–H and O–H groups in total. The zero-order valence-corrected chi connectivity index (χ0v) is 15.2. The second kappa shape index (κ2) is 8.20. The molecule has 142 valence electrons.